The van der Waals surface area contributed by atoms with E-state index in [4.69, 9.17) is 0 Å². The summed E-state index contributed by atoms with van der Waals surface area (Å²) in [7, 11) is -3.84. The van der Waals surface area contributed by atoms with Crippen LogP contribution in [-0.4, -0.2) is 16.1 Å². The van der Waals surface area contributed by atoms with Gasteiger partial charge in [0.2, 0.25) is 5.82 Å². The lowest BCUT2D eigenvalue weighted by Gasteiger charge is -2.18. The second-order valence-electron chi connectivity index (χ2n) is 7.80. The van der Waals surface area contributed by atoms with Crippen molar-refractivity contribution in [2.75, 3.05) is 0 Å². The fourth-order valence-electron chi connectivity index (χ4n) is 2.34. The van der Waals surface area contributed by atoms with E-state index in [2.05, 4.69) is 19.6 Å². The van der Waals surface area contributed by atoms with E-state index >= 15 is 0 Å². The highest BCUT2D eigenvalue weighted by molar-refractivity contribution is 7.36. The summed E-state index contributed by atoms with van der Waals surface area (Å²) in [5.41, 5.74) is -0.644. The van der Waals surface area contributed by atoms with Gasteiger partial charge in [0, 0.05) is 0 Å². The van der Waals surface area contributed by atoms with Crippen LogP contribution in [0.3, 0.4) is 0 Å². The number of rotatable bonds is 3. The third kappa shape index (κ3) is 3.23. The van der Waals surface area contributed by atoms with Crippen LogP contribution in [0.2, 0.25) is 39.3 Å². The van der Waals surface area contributed by atoms with Crippen LogP contribution < -0.4 is 9.00 Å². The molecule has 1 aromatic heterocycles. The maximum atomic E-state index is 14.3. The van der Waals surface area contributed by atoms with Crippen LogP contribution in [0.25, 0.3) is 11.1 Å². The van der Waals surface area contributed by atoms with Gasteiger partial charge in [-0.1, -0.05) is 39.3 Å². The van der Waals surface area contributed by atoms with Crippen molar-refractivity contribution in [3.63, 3.8) is 0 Å². The highest BCUT2D eigenvalue weighted by atomic mass is 32.1. The Kier molecular flexibility index (Phi) is 4.89. The van der Waals surface area contributed by atoms with E-state index in [1.54, 1.807) is 6.07 Å². The van der Waals surface area contributed by atoms with Crippen LogP contribution in [-0.2, 0) is 0 Å². The molecule has 0 N–H and O–H groups in total. The molecule has 0 aliphatic rings. The third-order valence-corrected chi connectivity index (χ3v) is 11.9. The Morgan fingerprint density at radius 1 is 0.667 bits per heavy atom. The average molecular weight is 395 g/mol. The Morgan fingerprint density at radius 3 is 1.46 bits per heavy atom. The van der Waals surface area contributed by atoms with Crippen molar-refractivity contribution >= 4 is 36.5 Å². The van der Waals surface area contributed by atoms with Gasteiger partial charge in [-0.2, -0.15) is 11.3 Å². The highest BCUT2D eigenvalue weighted by Gasteiger charge is 2.33. The Hall–Kier alpha value is -0.996. The van der Waals surface area contributed by atoms with Gasteiger partial charge < -0.3 is 0 Å². The fraction of sp³-hybridized carbons (Fsp3) is 0.375. The van der Waals surface area contributed by atoms with Crippen molar-refractivity contribution in [3.8, 4) is 11.1 Å². The van der Waals surface area contributed by atoms with Gasteiger partial charge in [-0.3, -0.25) is 0 Å². The van der Waals surface area contributed by atoms with Crippen molar-refractivity contribution in [1.29, 1.82) is 0 Å². The topological polar surface area (TPSA) is 0 Å². The minimum Gasteiger partial charge on any atom is -0.203 e. The Morgan fingerprint density at radius 2 is 1.08 bits per heavy atom. The van der Waals surface area contributed by atoms with Crippen LogP contribution >= 0.6 is 11.3 Å². The smallest absolute Gasteiger partial charge is 0.200 e. The summed E-state index contributed by atoms with van der Waals surface area (Å²) < 4.78 is 70.9. The van der Waals surface area contributed by atoms with E-state index in [1.807, 2.05) is 19.6 Å². The van der Waals surface area contributed by atoms with Crippen LogP contribution in [0.4, 0.5) is 22.0 Å². The number of thiophene rings is 1. The fourth-order valence-corrected chi connectivity index (χ4v) is 7.99. The average Bonchev–Trinajstić information content (AvgIpc) is 2.88. The number of hydrogen-bond acceptors (Lipinski definition) is 1. The van der Waals surface area contributed by atoms with Crippen LogP contribution in [0.5, 0.6) is 0 Å². The zero-order valence-electron chi connectivity index (χ0n) is 14.4. The van der Waals surface area contributed by atoms with Crippen molar-refractivity contribution in [2.24, 2.45) is 0 Å². The molecule has 132 valence electrons. The highest BCUT2D eigenvalue weighted by Crippen LogP contribution is 2.33. The third-order valence-electron chi connectivity index (χ3n) is 3.63. The van der Waals surface area contributed by atoms with Gasteiger partial charge in [-0.05, 0) is 20.6 Å². The molecule has 0 nitrogen and oxygen atoms in total. The van der Waals surface area contributed by atoms with E-state index in [9.17, 15) is 22.0 Å². The molecule has 2 aromatic rings. The molecule has 0 amide bonds. The van der Waals surface area contributed by atoms with E-state index in [1.165, 1.54) is 11.3 Å². The summed E-state index contributed by atoms with van der Waals surface area (Å²) in [4.78, 5) is 0. The summed E-state index contributed by atoms with van der Waals surface area (Å²) in [6.07, 6.45) is 0. The maximum Gasteiger partial charge on any atom is 0.200 e. The number of halogens is 5. The SMILES string of the molecule is C[Si](C)(C)c1cc(-c2c(F)c(F)c(F)c(F)c2F)c([Si](C)(C)C)s1. The monoisotopic (exact) mass is 394 g/mol. The molecule has 24 heavy (non-hydrogen) atoms. The lowest BCUT2D eigenvalue weighted by atomic mass is 10.1. The van der Waals surface area contributed by atoms with Gasteiger partial charge in [0.1, 0.15) is 0 Å². The van der Waals surface area contributed by atoms with E-state index < -0.39 is 50.8 Å². The number of hydrogen-bond donors (Lipinski definition) is 0. The zero-order valence-corrected chi connectivity index (χ0v) is 17.2. The van der Waals surface area contributed by atoms with E-state index in [0.717, 1.165) is 9.00 Å². The molecule has 0 radical (unpaired) electrons. The summed E-state index contributed by atoms with van der Waals surface area (Å²) in [6, 6.07) is 1.63. The Balaban J connectivity index is 2.90. The molecule has 0 fully saturated rings. The molecule has 0 unspecified atom stereocenters. The summed E-state index contributed by atoms with van der Waals surface area (Å²) in [5.74, 6) is -9.43. The Labute approximate surface area is 144 Å². The molecule has 0 aliphatic heterocycles. The summed E-state index contributed by atoms with van der Waals surface area (Å²) in [5, 5.41) is 0. The second kappa shape index (κ2) is 6.07. The molecular formula is C16H19F5SSi2. The van der Waals surface area contributed by atoms with Gasteiger partial charge in [0.15, 0.2) is 23.3 Å². The van der Waals surface area contributed by atoms with Crippen molar-refractivity contribution in [3.05, 3.63) is 35.2 Å². The quantitative estimate of drug-likeness (QED) is 0.290. The van der Waals surface area contributed by atoms with Crippen molar-refractivity contribution in [2.45, 2.75) is 39.3 Å². The van der Waals surface area contributed by atoms with Gasteiger partial charge >= 0.3 is 0 Å². The zero-order chi connectivity index (χ0) is 18.6. The second-order valence-corrected chi connectivity index (χ2v) is 19.6. The molecule has 0 aliphatic carbocycles. The first-order valence-corrected chi connectivity index (χ1v) is 15.2. The molecule has 1 heterocycles. The first kappa shape index (κ1) is 19.3. The first-order valence-electron chi connectivity index (χ1n) is 7.43. The minimum atomic E-state index is -2.12. The molecule has 0 bridgehead atoms. The van der Waals surface area contributed by atoms with Crippen molar-refractivity contribution in [1.82, 2.24) is 0 Å². The lowest BCUT2D eigenvalue weighted by molar-refractivity contribution is 0.381. The normalized spacial score (nSPS) is 12.8. The van der Waals surface area contributed by atoms with Crippen LogP contribution in [0.15, 0.2) is 6.07 Å². The van der Waals surface area contributed by atoms with E-state index in [0.29, 0.717) is 0 Å². The summed E-state index contributed by atoms with van der Waals surface area (Å²) >= 11 is 1.45. The van der Waals surface area contributed by atoms with E-state index in [-0.39, 0.29) is 5.56 Å². The van der Waals surface area contributed by atoms with Crippen LogP contribution in [0.1, 0.15) is 0 Å². The van der Waals surface area contributed by atoms with Gasteiger partial charge in [0.05, 0.1) is 21.7 Å². The predicted octanol–water partition coefficient (Wildman–Crippen LogP) is 5.20. The minimum absolute atomic E-state index is 0.157. The largest absolute Gasteiger partial charge is 0.203 e. The number of benzene rings is 1. The van der Waals surface area contributed by atoms with Gasteiger partial charge in [-0.15, -0.1) is 0 Å². The summed E-state index contributed by atoms with van der Waals surface area (Å²) in [6.45, 7) is 12.2. The van der Waals surface area contributed by atoms with Gasteiger partial charge in [-0.25, -0.2) is 22.0 Å². The van der Waals surface area contributed by atoms with Crippen LogP contribution in [0, 0.1) is 29.1 Å². The molecule has 0 saturated carbocycles. The molecule has 0 atom stereocenters. The predicted molar refractivity (Wildman–Crippen MR) is 95.5 cm³/mol. The van der Waals surface area contributed by atoms with Gasteiger partial charge in [0.25, 0.3) is 0 Å². The molecule has 0 spiro atoms. The molecule has 1 aromatic carbocycles. The maximum absolute atomic E-state index is 14.3. The standard InChI is InChI=1S/C16H19F5SSi2/c1-23(2,3)9-7-8(16(22-9)24(4,5)6)10-11(17)13(19)15(21)14(20)12(10)18/h7H,1-6H3. The Bertz CT molecular complexity index is 771. The first-order chi connectivity index (χ1) is 10.8. The molecule has 8 heteroatoms. The lowest BCUT2D eigenvalue weighted by Crippen LogP contribution is -2.38. The van der Waals surface area contributed by atoms with Crippen molar-refractivity contribution < 1.29 is 22.0 Å². The molecule has 0 saturated heterocycles. The molecule has 2 rings (SSSR count). The molecular weight excluding hydrogens is 375 g/mol.